The monoisotopic (exact) mass is 276 g/mol. The maximum Gasteiger partial charge on any atom is 0.209 e. The fourth-order valence-electron chi connectivity index (χ4n) is 1.62. The molecule has 0 bridgehead atoms. The molecular weight excluding hydrogens is 264 g/mol. The van der Waals surface area contributed by atoms with Crippen LogP contribution in [0.2, 0.25) is 5.02 Å². The van der Waals surface area contributed by atoms with Crippen molar-refractivity contribution >= 4 is 23.5 Å². The zero-order chi connectivity index (χ0) is 14.0. The number of halogens is 1. The number of ketones is 1. The van der Waals surface area contributed by atoms with Gasteiger partial charge in [0.25, 0.3) is 0 Å². The van der Waals surface area contributed by atoms with Crippen LogP contribution in [0.1, 0.15) is 21.7 Å². The van der Waals surface area contributed by atoms with Crippen LogP contribution < -0.4 is 0 Å². The highest BCUT2D eigenvalue weighted by Gasteiger charge is 2.16. The Morgan fingerprint density at radius 2 is 2.11 bits per heavy atom. The van der Waals surface area contributed by atoms with E-state index in [0.29, 0.717) is 10.7 Å². The SMILES string of the molecule is Cc1c(O)c(C(=O)/C=C/c2ccccc2Cl)nn1C. The molecule has 2 aromatic rings. The Morgan fingerprint density at radius 3 is 2.68 bits per heavy atom. The summed E-state index contributed by atoms with van der Waals surface area (Å²) in [4.78, 5) is 11.9. The van der Waals surface area contributed by atoms with Crippen LogP contribution in [0.4, 0.5) is 0 Å². The number of nitrogens with zero attached hydrogens (tertiary/aromatic N) is 2. The second-order valence-corrected chi connectivity index (χ2v) is 4.53. The first-order valence-corrected chi connectivity index (χ1v) is 6.08. The third-order valence-corrected chi connectivity index (χ3v) is 3.20. The van der Waals surface area contributed by atoms with E-state index in [2.05, 4.69) is 5.10 Å². The Balaban J connectivity index is 2.27. The van der Waals surface area contributed by atoms with Crippen LogP contribution in [0.3, 0.4) is 0 Å². The molecule has 19 heavy (non-hydrogen) atoms. The molecule has 2 rings (SSSR count). The number of hydrogen-bond acceptors (Lipinski definition) is 3. The van der Waals surface area contributed by atoms with Crippen LogP contribution in [0, 0.1) is 6.92 Å². The Kier molecular flexibility index (Phi) is 3.71. The molecule has 1 N–H and O–H groups in total. The van der Waals surface area contributed by atoms with Gasteiger partial charge in [0.1, 0.15) is 0 Å². The average molecular weight is 277 g/mol. The van der Waals surface area contributed by atoms with Crippen molar-refractivity contribution in [1.29, 1.82) is 0 Å². The predicted octanol–water partition coefficient (Wildman–Crippen LogP) is 2.98. The molecule has 0 saturated carbocycles. The van der Waals surface area contributed by atoms with E-state index in [0.717, 1.165) is 5.56 Å². The first kappa shape index (κ1) is 13.4. The van der Waals surface area contributed by atoms with Crippen molar-refractivity contribution in [3.63, 3.8) is 0 Å². The smallest absolute Gasteiger partial charge is 0.209 e. The highest BCUT2D eigenvalue weighted by Crippen LogP contribution is 2.22. The number of aryl methyl sites for hydroxylation is 1. The molecule has 5 heteroatoms. The van der Waals surface area contributed by atoms with Gasteiger partial charge >= 0.3 is 0 Å². The molecule has 0 radical (unpaired) electrons. The van der Waals surface area contributed by atoms with Crippen molar-refractivity contribution < 1.29 is 9.90 Å². The van der Waals surface area contributed by atoms with Crippen LogP contribution in [-0.4, -0.2) is 20.7 Å². The first-order valence-electron chi connectivity index (χ1n) is 5.70. The summed E-state index contributed by atoms with van der Waals surface area (Å²) in [7, 11) is 1.67. The van der Waals surface area contributed by atoms with E-state index in [1.54, 1.807) is 32.2 Å². The topological polar surface area (TPSA) is 55.1 Å². The maximum absolute atomic E-state index is 11.9. The lowest BCUT2D eigenvalue weighted by atomic mass is 10.1. The Labute approximate surface area is 115 Å². The molecule has 0 amide bonds. The molecule has 1 aromatic carbocycles. The minimum Gasteiger partial charge on any atom is -0.504 e. The Bertz CT molecular complexity index is 659. The summed E-state index contributed by atoms with van der Waals surface area (Å²) >= 11 is 5.98. The maximum atomic E-state index is 11.9. The Hall–Kier alpha value is -2.07. The van der Waals surface area contributed by atoms with Crippen molar-refractivity contribution in [3.05, 3.63) is 52.3 Å². The van der Waals surface area contributed by atoms with Crippen molar-refractivity contribution in [2.45, 2.75) is 6.92 Å². The van der Waals surface area contributed by atoms with Gasteiger partial charge in [0, 0.05) is 12.1 Å². The minimum atomic E-state index is -0.360. The number of carbonyl (C=O) groups excluding carboxylic acids is 1. The number of carbonyl (C=O) groups is 1. The third-order valence-electron chi connectivity index (χ3n) is 2.86. The molecule has 0 fully saturated rings. The largest absolute Gasteiger partial charge is 0.504 e. The van der Waals surface area contributed by atoms with E-state index in [-0.39, 0.29) is 17.2 Å². The van der Waals surface area contributed by atoms with E-state index < -0.39 is 0 Å². The van der Waals surface area contributed by atoms with E-state index in [4.69, 9.17) is 11.6 Å². The summed E-state index contributed by atoms with van der Waals surface area (Å²) in [5.41, 5.74) is 1.34. The third kappa shape index (κ3) is 2.69. The fourth-order valence-corrected chi connectivity index (χ4v) is 1.82. The molecule has 0 unspecified atom stereocenters. The highest BCUT2D eigenvalue weighted by molar-refractivity contribution is 6.32. The summed E-state index contributed by atoms with van der Waals surface area (Å²) < 4.78 is 1.46. The second-order valence-electron chi connectivity index (χ2n) is 4.13. The molecule has 4 nitrogen and oxygen atoms in total. The highest BCUT2D eigenvalue weighted by atomic mass is 35.5. The second kappa shape index (κ2) is 5.28. The van der Waals surface area contributed by atoms with Crippen LogP contribution >= 0.6 is 11.6 Å². The number of aromatic hydroxyl groups is 1. The van der Waals surface area contributed by atoms with Crippen molar-refractivity contribution in [2.24, 2.45) is 7.05 Å². The number of benzene rings is 1. The number of rotatable bonds is 3. The van der Waals surface area contributed by atoms with Gasteiger partial charge in [-0.2, -0.15) is 5.10 Å². The standard InChI is InChI=1S/C14H13ClN2O2/c1-9-14(19)13(16-17(9)2)12(18)8-7-10-5-3-4-6-11(10)15/h3-8,19H,1-2H3/b8-7+. The van der Waals surface area contributed by atoms with Gasteiger partial charge in [-0.25, -0.2) is 0 Å². The summed E-state index contributed by atoms with van der Waals surface area (Å²) in [6.07, 6.45) is 2.96. The summed E-state index contributed by atoms with van der Waals surface area (Å²) in [6, 6.07) is 7.19. The van der Waals surface area contributed by atoms with Crippen LogP contribution in [0.5, 0.6) is 5.75 Å². The summed E-state index contributed by atoms with van der Waals surface area (Å²) in [6.45, 7) is 1.69. The van der Waals surface area contributed by atoms with Crippen LogP contribution in [0.15, 0.2) is 30.3 Å². The molecule has 0 atom stereocenters. The fraction of sp³-hybridized carbons (Fsp3) is 0.143. The van der Waals surface area contributed by atoms with E-state index in [9.17, 15) is 9.90 Å². The molecule has 0 aliphatic heterocycles. The van der Waals surface area contributed by atoms with Crippen LogP contribution in [-0.2, 0) is 7.05 Å². The van der Waals surface area contributed by atoms with Gasteiger partial charge in [-0.15, -0.1) is 0 Å². The zero-order valence-electron chi connectivity index (χ0n) is 10.6. The molecule has 1 aromatic heterocycles. The Morgan fingerprint density at radius 1 is 1.42 bits per heavy atom. The number of hydrogen-bond donors (Lipinski definition) is 1. The molecule has 1 heterocycles. The lowest BCUT2D eigenvalue weighted by Gasteiger charge is -1.96. The molecule has 98 valence electrons. The molecule has 0 spiro atoms. The van der Waals surface area contributed by atoms with Gasteiger partial charge in [-0.1, -0.05) is 29.8 Å². The molecule has 0 aliphatic rings. The van der Waals surface area contributed by atoms with Crippen molar-refractivity contribution in [2.75, 3.05) is 0 Å². The minimum absolute atomic E-state index is 0.0447. The van der Waals surface area contributed by atoms with Gasteiger partial charge in [0.15, 0.2) is 11.4 Å². The van der Waals surface area contributed by atoms with Crippen LogP contribution in [0.25, 0.3) is 6.08 Å². The molecule has 0 saturated heterocycles. The van der Waals surface area contributed by atoms with Gasteiger partial charge in [-0.05, 0) is 30.7 Å². The average Bonchev–Trinajstić information content (AvgIpc) is 2.65. The van der Waals surface area contributed by atoms with E-state index in [1.165, 1.54) is 10.8 Å². The van der Waals surface area contributed by atoms with Crippen molar-refractivity contribution in [3.8, 4) is 5.75 Å². The van der Waals surface area contributed by atoms with Gasteiger partial charge in [-0.3, -0.25) is 9.48 Å². The molecule has 0 aliphatic carbocycles. The summed E-state index contributed by atoms with van der Waals surface area (Å²) in [5.74, 6) is -0.447. The normalized spacial score (nSPS) is 11.1. The van der Waals surface area contributed by atoms with Crippen molar-refractivity contribution in [1.82, 2.24) is 9.78 Å². The van der Waals surface area contributed by atoms with E-state index in [1.807, 2.05) is 12.1 Å². The predicted molar refractivity (Wildman–Crippen MR) is 74.4 cm³/mol. The number of aromatic nitrogens is 2. The first-order chi connectivity index (χ1) is 9.00. The van der Waals surface area contributed by atoms with Gasteiger partial charge in [0.2, 0.25) is 5.78 Å². The summed E-state index contributed by atoms with van der Waals surface area (Å²) in [5, 5.41) is 14.3. The molecular formula is C14H13ClN2O2. The number of allylic oxidation sites excluding steroid dienone is 1. The van der Waals surface area contributed by atoms with E-state index >= 15 is 0 Å². The lowest BCUT2D eigenvalue weighted by Crippen LogP contribution is -1.98. The lowest BCUT2D eigenvalue weighted by molar-refractivity contribution is 0.104. The van der Waals surface area contributed by atoms with Gasteiger partial charge < -0.3 is 5.11 Å². The zero-order valence-corrected chi connectivity index (χ0v) is 11.3. The quantitative estimate of drug-likeness (QED) is 0.693. The van der Waals surface area contributed by atoms with Gasteiger partial charge in [0.05, 0.1) is 5.69 Å².